The first kappa shape index (κ1) is 21.9. The van der Waals surface area contributed by atoms with Crippen LogP contribution < -0.4 is 5.32 Å². The Morgan fingerprint density at radius 1 is 1.29 bits per heavy atom. The molecule has 2 N–H and O–H groups in total. The fourth-order valence-corrected chi connectivity index (χ4v) is 3.71. The van der Waals surface area contributed by atoms with Crippen molar-refractivity contribution in [3.05, 3.63) is 56.8 Å². The number of aromatic nitrogens is 1. The maximum absolute atomic E-state index is 12.7. The second-order valence-electron chi connectivity index (χ2n) is 6.60. The number of H-pyrrole nitrogens is 1. The Bertz CT molecular complexity index is 904. The smallest absolute Gasteiger partial charge is 0.253 e. The number of hydrogen-bond donors (Lipinski definition) is 2. The predicted octanol–water partition coefficient (Wildman–Crippen LogP) is 4.53. The largest absolute Gasteiger partial charge is 0.358 e. The van der Waals surface area contributed by atoms with Crippen molar-refractivity contribution < 1.29 is 4.79 Å². The third-order valence-electron chi connectivity index (χ3n) is 4.88. The Kier molecular flexibility index (Phi) is 8.04. The van der Waals surface area contributed by atoms with E-state index in [1.807, 2.05) is 38.1 Å². The number of nitrogens with zero attached hydrogens (tertiary/aromatic N) is 2. The zero-order valence-electron chi connectivity index (χ0n) is 16.9. The van der Waals surface area contributed by atoms with Gasteiger partial charge in [0.2, 0.25) is 0 Å². The normalized spacial score (nSPS) is 11.5. The van der Waals surface area contributed by atoms with Crippen molar-refractivity contribution in [3.8, 4) is 6.07 Å². The molecule has 2 rings (SSSR count). The topological polar surface area (TPSA) is 71.9 Å². The molecule has 0 aliphatic carbocycles. The summed E-state index contributed by atoms with van der Waals surface area (Å²) in [6.45, 7) is 11.4. The van der Waals surface area contributed by atoms with Gasteiger partial charge >= 0.3 is 0 Å². The first-order valence-electron chi connectivity index (χ1n) is 9.49. The van der Waals surface area contributed by atoms with Gasteiger partial charge in [0.25, 0.3) is 5.91 Å². The van der Waals surface area contributed by atoms with E-state index in [0.717, 1.165) is 46.6 Å². The number of hydrogen-bond acceptors (Lipinski definition) is 3. The molecule has 0 aliphatic rings. The number of likely N-dealkylation sites (N-methyl/N-ethyl adjacent to an activating group) is 1. The van der Waals surface area contributed by atoms with Gasteiger partial charge in [-0.3, -0.25) is 4.79 Å². The van der Waals surface area contributed by atoms with Crippen molar-refractivity contribution in [1.82, 2.24) is 15.2 Å². The van der Waals surface area contributed by atoms with Crippen LogP contribution in [0.15, 0.2) is 28.7 Å². The summed E-state index contributed by atoms with van der Waals surface area (Å²) in [5.41, 5.74) is 4.42. The minimum atomic E-state index is -0.0857. The molecule has 0 unspecified atom stereocenters. The van der Waals surface area contributed by atoms with Gasteiger partial charge in [-0.2, -0.15) is 5.26 Å². The zero-order chi connectivity index (χ0) is 20.7. The average Bonchev–Trinajstić information content (AvgIpc) is 2.97. The van der Waals surface area contributed by atoms with Gasteiger partial charge in [-0.1, -0.05) is 48.0 Å². The molecule has 2 aromatic rings. The summed E-state index contributed by atoms with van der Waals surface area (Å²) in [6, 6.07) is 9.86. The maximum atomic E-state index is 12.7. The van der Waals surface area contributed by atoms with Crippen molar-refractivity contribution in [2.24, 2.45) is 0 Å². The van der Waals surface area contributed by atoms with Gasteiger partial charge in [-0.25, -0.2) is 0 Å². The van der Waals surface area contributed by atoms with Crippen molar-refractivity contribution in [2.45, 2.75) is 27.7 Å². The number of carbonyl (C=O) groups excluding carboxylic acids is 1. The molecule has 0 spiro atoms. The minimum absolute atomic E-state index is 0.0857. The number of halogens is 1. The van der Waals surface area contributed by atoms with Gasteiger partial charge in [0, 0.05) is 34.5 Å². The first-order chi connectivity index (χ1) is 13.4. The molecular formula is C22H27BrN4O. The van der Waals surface area contributed by atoms with Crippen molar-refractivity contribution in [3.63, 3.8) is 0 Å². The highest BCUT2D eigenvalue weighted by Crippen LogP contribution is 2.27. The number of rotatable bonds is 8. The molecule has 6 heteroatoms. The Labute approximate surface area is 175 Å². The minimum Gasteiger partial charge on any atom is -0.358 e. The number of amides is 1. The highest BCUT2D eigenvalue weighted by atomic mass is 79.9. The molecule has 1 amide bonds. The molecule has 0 bridgehead atoms. The van der Waals surface area contributed by atoms with E-state index in [1.54, 1.807) is 6.08 Å². The lowest BCUT2D eigenvalue weighted by atomic mass is 10.0. The van der Waals surface area contributed by atoms with Crippen LogP contribution in [0.4, 0.5) is 0 Å². The predicted molar refractivity (Wildman–Crippen MR) is 118 cm³/mol. The van der Waals surface area contributed by atoms with E-state index in [0.29, 0.717) is 17.7 Å². The van der Waals surface area contributed by atoms with Gasteiger partial charge in [0.1, 0.15) is 0 Å². The van der Waals surface area contributed by atoms with Crippen LogP contribution in [-0.2, 0) is 0 Å². The highest BCUT2D eigenvalue weighted by Gasteiger charge is 2.18. The number of carbonyl (C=O) groups is 1. The highest BCUT2D eigenvalue weighted by molar-refractivity contribution is 9.10. The molecule has 5 nitrogen and oxygen atoms in total. The number of nitrogens with one attached hydrogen (secondary N) is 2. The van der Waals surface area contributed by atoms with E-state index in [2.05, 4.69) is 51.0 Å². The first-order valence-corrected chi connectivity index (χ1v) is 10.3. The van der Waals surface area contributed by atoms with Crippen LogP contribution in [0.25, 0.3) is 11.6 Å². The third-order valence-corrected chi connectivity index (χ3v) is 5.58. The maximum Gasteiger partial charge on any atom is 0.253 e. The summed E-state index contributed by atoms with van der Waals surface area (Å²) in [7, 11) is 0. The molecule has 0 radical (unpaired) electrons. The fourth-order valence-electron chi connectivity index (χ4n) is 3.21. The average molecular weight is 443 g/mol. The number of benzene rings is 1. The number of nitriles is 1. The van der Waals surface area contributed by atoms with Gasteiger partial charge in [-0.05, 0) is 44.6 Å². The van der Waals surface area contributed by atoms with Gasteiger partial charge in [-0.15, -0.1) is 0 Å². The standard InChI is InChI=1S/C22H27BrN4O/c1-5-27(6-2)12-11-25-22(28)21-15(3)20(26-16(21)4)13-17(14-24)18-9-7-8-10-19(18)23/h7-10,13,26H,5-6,11-12H2,1-4H3,(H,25,28)/b17-13+. The van der Waals surface area contributed by atoms with Crippen LogP contribution in [0.5, 0.6) is 0 Å². The SMILES string of the molecule is CCN(CC)CCNC(=O)c1c(C)[nH]c(/C=C(\C#N)c2ccccc2Br)c1C. The second kappa shape index (κ2) is 10.3. The summed E-state index contributed by atoms with van der Waals surface area (Å²) in [6.07, 6.45) is 1.80. The van der Waals surface area contributed by atoms with E-state index in [4.69, 9.17) is 0 Å². The lowest BCUT2D eigenvalue weighted by molar-refractivity contribution is 0.0948. The number of aryl methyl sites for hydroxylation is 1. The molecule has 0 fully saturated rings. The van der Waals surface area contributed by atoms with Gasteiger partial charge < -0.3 is 15.2 Å². The molecule has 0 saturated carbocycles. The monoisotopic (exact) mass is 442 g/mol. The molecule has 0 saturated heterocycles. The molecular weight excluding hydrogens is 416 g/mol. The Morgan fingerprint density at radius 3 is 2.57 bits per heavy atom. The Hall–Kier alpha value is -2.36. The molecule has 1 heterocycles. The molecule has 148 valence electrons. The van der Waals surface area contributed by atoms with Crippen LogP contribution in [0.3, 0.4) is 0 Å². The van der Waals surface area contributed by atoms with Crippen molar-refractivity contribution >= 4 is 33.5 Å². The summed E-state index contributed by atoms with van der Waals surface area (Å²) >= 11 is 3.49. The molecule has 0 atom stereocenters. The summed E-state index contributed by atoms with van der Waals surface area (Å²) in [4.78, 5) is 18.2. The van der Waals surface area contributed by atoms with Crippen LogP contribution in [0, 0.1) is 25.2 Å². The second-order valence-corrected chi connectivity index (χ2v) is 7.45. The molecule has 0 aliphatic heterocycles. The Balaban J connectivity index is 2.24. The summed E-state index contributed by atoms with van der Waals surface area (Å²) < 4.78 is 0.859. The van der Waals surface area contributed by atoms with E-state index in [9.17, 15) is 10.1 Å². The number of allylic oxidation sites excluding steroid dienone is 1. The van der Waals surface area contributed by atoms with Crippen LogP contribution in [-0.4, -0.2) is 42.0 Å². The van der Waals surface area contributed by atoms with E-state index >= 15 is 0 Å². The summed E-state index contributed by atoms with van der Waals surface area (Å²) in [5.74, 6) is -0.0857. The quantitative estimate of drug-likeness (QED) is 0.589. The van der Waals surface area contributed by atoms with Gasteiger partial charge in [0.15, 0.2) is 0 Å². The Morgan fingerprint density at radius 2 is 1.96 bits per heavy atom. The van der Waals surface area contributed by atoms with Crippen LogP contribution in [0.1, 0.15) is 46.7 Å². The lowest BCUT2D eigenvalue weighted by Crippen LogP contribution is -2.35. The van der Waals surface area contributed by atoms with E-state index in [1.165, 1.54) is 0 Å². The lowest BCUT2D eigenvalue weighted by Gasteiger charge is -2.18. The zero-order valence-corrected chi connectivity index (χ0v) is 18.5. The molecule has 1 aromatic carbocycles. The van der Waals surface area contributed by atoms with E-state index < -0.39 is 0 Å². The van der Waals surface area contributed by atoms with Gasteiger partial charge in [0.05, 0.1) is 17.2 Å². The fraction of sp³-hybridized carbons (Fsp3) is 0.364. The molecule has 28 heavy (non-hydrogen) atoms. The van der Waals surface area contributed by atoms with E-state index in [-0.39, 0.29) is 5.91 Å². The van der Waals surface area contributed by atoms with Crippen LogP contribution in [0.2, 0.25) is 0 Å². The van der Waals surface area contributed by atoms with Crippen LogP contribution >= 0.6 is 15.9 Å². The van der Waals surface area contributed by atoms with Crippen molar-refractivity contribution in [1.29, 1.82) is 5.26 Å². The third kappa shape index (κ3) is 5.12. The van der Waals surface area contributed by atoms with Crippen molar-refractivity contribution in [2.75, 3.05) is 26.2 Å². The number of aromatic amines is 1. The summed E-state index contributed by atoms with van der Waals surface area (Å²) in [5, 5.41) is 12.6. The molecule has 1 aromatic heterocycles.